The van der Waals surface area contributed by atoms with Gasteiger partial charge >= 0.3 is 0 Å². The summed E-state index contributed by atoms with van der Waals surface area (Å²) in [5.41, 5.74) is 0.767. The van der Waals surface area contributed by atoms with Crippen molar-refractivity contribution in [3.63, 3.8) is 0 Å². The van der Waals surface area contributed by atoms with Crippen LogP contribution in [0.3, 0.4) is 0 Å². The van der Waals surface area contributed by atoms with E-state index in [4.69, 9.17) is 11.6 Å². The summed E-state index contributed by atoms with van der Waals surface area (Å²) in [4.78, 5) is 11.6. The second kappa shape index (κ2) is 6.21. The van der Waals surface area contributed by atoms with E-state index in [1.165, 1.54) is 6.42 Å². The third-order valence-electron chi connectivity index (χ3n) is 3.45. The smallest absolute Gasteiger partial charge is 0.220 e. The Morgan fingerprint density at radius 2 is 2.06 bits per heavy atom. The topological polar surface area (TPSA) is 49.3 Å². The first-order chi connectivity index (χ1) is 8.65. The predicted molar refractivity (Wildman–Crippen MR) is 71.4 cm³/mol. The van der Waals surface area contributed by atoms with Crippen molar-refractivity contribution in [2.45, 2.75) is 31.8 Å². The first kappa shape index (κ1) is 13.4. The first-order valence-corrected chi connectivity index (χ1v) is 6.73. The van der Waals surface area contributed by atoms with E-state index in [2.05, 4.69) is 5.32 Å². The number of halogens is 1. The Hall–Kier alpha value is -1.06. The van der Waals surface area contributed by atoms with Crippen LogP contribution >= 0.6 is 11.6 Å². The second-order valence-corrected chi connectivity index (χ2v) is 5.31. The van der Waals surface area contributed by atoms with Crippen molar-refractivity contribution in [1.29, 1.82) is 0 Å². The van der Waals surface area contributed by atoms with Crippen LogP contribution in [0.1, 0.15) is 37.4 Å². The van der Waals surface area contributed by atoms with Gasteiger partial charge in [0.15, 0.2) is 0 Å². The number of nitrogens with one attached hydrogen (secondary N) is 1. The summed E-state index contributed by atoms with van der Waals surface area (Å²) in [7, 11) is 0. The van der Waals surface area contributed by atoms with Gasteiger partial charge in [0, 0.05) is 18.0 Å². The average molecular weight is 268 g/mol. The Morgan fingerprint density at radius 1 is 1.39 bits per heavy atom. The third kappa shape index (κ3) is 3.72. The fraction of sp³-hybridized carbons (Fsp3) is 0.500. The molecule has 18 heavy (non-hydrogen) atoms. The van der Waals surface area contributed by atoms with E-state index in [1.54, 1.807) is 24.3 Å². The molecule has 1 saturated carbocycles. The highest BCUT2D eigenvalue weighted by Gasteiger charge is 2.20. The van der Waals surface area contributed by atoms with Gasteiger partial charge in [0.2, 0.25) is 5.91 Å². The Morgan fingerprint density at radius 3 is 2.61 bits per heavy atom. The quantitative estimate of drug-likeness (QED) is 0.862. The van der Waals surface area contributed by atoms with Gasteiger partial charge < -0.3 is 10.4 Å². The minimum absolute atomic E-state index is 0.0349. The molecule has 1 atom stereocenters. The Kier molecular flexibility index (Phi) is 4.61. The van der Waals surface area contributed by atoms with Gasteiger partial charge in [-0.3, -0.25) is 4.79 Å². The zero-order chi connectivity index (χ0) is 13.0. The molecule has 1 amide bonds. The number of carbonyl (C=O) groups excluding carboxylic acids is 1. The van der Waals surface area contributed by atoms with Crippen LogP contribution in [-0.4, -0.2) is 17.6 Å². The molecule has 1 aliphatic carbocycles. The monoisotopic (exact) mass is 267 g/mol. The van der Waals surface area contributed by atoms with Crippen LogP contribution in [-0.2, 0) is 4.79 Å². The molecule has 1 aromatic carbocycles. The maximum atomic E-state index is 11.6. The van der Waals surface area contributed by atoms with Gasteiger partial charge in [0.1, 0.15) is 0 Å². The number of hydrogen-bond acceptors (Lipinski definition) is 2. The number of aliphatic hydroxyl groups excluding tert-OH is 1. The van der Waals surface area contributed by atoms with Crippen LogP contribution in [0.15, 0.2) is 24.3 Å². The highest BCUT2D eigenvalue weighted by Crippen LogP contribution is 2.29. The summed E-state index contributed by atoms with van der Waals surface area (Å²) in [5, 5.41) is 13.3. The Balaban J connectivity index is 1.74. The molecular weight excluding hydrogens is 250 g/mol. The summed E-state index contributed by atoms with van der Waals surface area (Å²) in [6.45, 7) is 0.257. The van der Waals surface area contributed by atoms with Crippen molar-refractivity contribution in [2.75, 3.05) is 6.54 Å². The number of amides is 1. The fourth-order valence-electron chi connectivity index (χ4n) is 2.04. The first-order valence-electron chi connectivity index (χ1n) is 6.35. The van der Waals surface area contributed by atoms with Gasteiger partial charge in [0.05, 0.1) is 6.10 Å². The third-order valence-corrected chi connectivity index (χ3v) is 3.70. The number of hydrogen-bond donors (Lipinski definition) is 2. The van der Waals surface area contributed by atoms with E-state index >= 15 is 0 Å². The molecule has 0 spiro atoms. The van der Waals surface area contributed by atoms with E-state index in [-0.39, 0.29) is 12.5 Å². The van der Waals surface area contributed by atoms with Crippen molar-refractivity contribution in [1.82, 2.24) is 5.32 Å². The summed E-state index contributed by atoms with van der Waals surface area (Å²) >= 11 is 5.77. The molecular formula is C14H18ClNO2. The van der Waals surface area contributed by atoms with Crippen molar-refractivity contribution < 1.29 is 9.90 Å². The molecule has 0 radical (unpaired) electrons. The lowest BCUT2D eigenvalue weighted by molar-refractivity contribution is -0.123. The SMILES string of the molecule is O=C(CC1CCC1)NCC(O)c1ccc(Cl)cc1. The number of benzene rings is 1. The molecule has 1 fully saturated rings. The lowest BCUT2D eigenvalue weighted by Crippen LogP contribution is -2.31. The summed E-state index contributed by atoms with van der Waals surface area (Å²) < 4.78 is 0. The van der Waals surface area contributed by atoms with Crippen LogP contribution in [0.4, 0.5) is 0 Å². The lowest BCUT2D eigenvalue weighted by Gasteiger charge is -2.24. The second-order valence-electron chi connectivity index (χ2n) is 4.87. The van der Waals surface area contributed by atoms with Crippen LogP contribution in [0.25, 0.3) is 0 Å². The average Bonchev–Trinajstić information content (AvgIpc) is 2.32. The predicted octanol–water partition coefficient (Wildman–Crippen LogP) is 2.68. The molecule has 1 aromatic rings. The highest BCUT2D eigenvalue weighted by molar-refractivity contribution is 6.30. The van der Waals surface area contributed by atoms with E-state index < -0.39 is 6.10 Å². The minimum Gasteiger partial charge on any atom is -0.387 e. The van der Waals surface area contributed by atoms with Gasteiger partial charge in [0.25, 0.3) is 0 Å². The standard InChI is InChI=1S/C14H18ClNO2/c15-12-6-4-11(5-7-12)13(17)9-16-14(18)8-10-2-1-3-10/h4-7,10,13,17H,1-3,8-9H2,(H,16,18). The van der Waals surface area contributed by atoms with E-state index in [0.717, 1.165) is 18.4 Å². The minimum atomic E-state index is -0.674. The molecule has 1 aliphatic rings. The number of rotatable bonds is 5. The molecule has 0 aromatic heterocycles. The Bertz CT molecular complexity index is 401. The molecule has 0 heterocycles. The largest absolute Gasteiger partial charge is 0.387 e. The maximum Gasteiger partial charge on any atom is 0.220 e. The van der Waals surface area contributed by atoms with Crippen molar-refractivity contribution in [3.8, 4) is 0 Å². The van der Waals surface area contributed by atoms with Gasteiger partial charge in [-0.15, -0.1) is 0 Å². The number of carbonyl (C=O) groups is 1. The Labute approximate surface area is 112 Å². The number of aliphatic hydroxyl groups is 1. The van der Waals surface area contributed by atoms with E-state index in [9.17, 15) is 9.90 Å². The van der Waals surface area contributed by atoms with Gasteiger partial charge in [-0.2, -0.15) is 0 Å². The molecule has 1 unspecified atom stereocenters. The van der Waals surface area contributed by atoms with Crippen LogP contribution in [0.5, 0.6) is 0 Å². The van der Waals surface area contributed by atoms with Crippen LogP contribution < -0.4 is 5.32 Å². The zero-order valence-electron chi connectivity index (χ0n) is 10.2. The van der Waals surface area contributed by atoms with Crippen LogP contribution in [0.2, 0.25) is 5.02 Å². The molecule has 0 aliphatic heterocycles. The fourth-order valence-corrected chi connectivity index (χ4v) is 2.17. The van der Waals surface area contributed by atoms with Gasteiger partial charge in [-0.25, -0.2) is 0 Å². The summed E-state index contributed by atoms with van der Waals surface area (Å²) in [6, 6.07) is 7.00. The van der Waals surface area contributed by atoms with Gasteiger partial charge in [-0.1, -0.05) is 30.2 Å². The molecule has 2 rings (SSSR count). The normalized spacial score (nSPS) is 17.0. The molecule has 0 saturated heterocycles. The lowest BCUT2D eigenvalue weighted by atomic mass is 9.83. The summed E-state index contributed by atoms with van der Waals surface area (Å²) in [5.74, 6) is 0.588. The maximum absolute atomic E-state index is 11.6. The van der Waals surface area contributed by atoms with Crippen molar-refractivity contribution >= 4 is 17.5 Å². The molecule has 98 valence electrons. The van der Waals surface area contributed by atoms with E-state index in [1.807, 2.05) is 0 Å². The molecule has 4 heteroatoms. The molecule has 3 nitrogen and oxygen atoms in total. The van der Waals surface area contributed by atoms with Crippen molar-refractivity contribution in [3.05, 3.63) is 34.9 Å². The zero-order valence-corrected chi connectivity index (χ0v) is 11.0. The van der Waals surface area contributed by atoms with Crippen molar-refractivity contribution in [2.24, 2.45) is 5.92 Å². The molecule has 0 bridgehead atoms. The van der Waals surface area contributed by atoms with Gasteiger partial charge in [-0.05, 0) is 36.5 Å². The summed E-state index contributed by atoms with van der Waals surface area (Å²) in [6.07, 6.45) is 3.48. The molecule has 2 N–H and O–H groups in total. The van der Waals surface area contributed by atoms with Crippen LogP contribution in [0, 0.1) is 5.92 Å². The highest BCUT2D eigenvalue weighted by atomic mass is 35.5. The van der Waals surface area contributed by atoms with E-state index in [0.29, 0.717) is 17.4 Å².